The van der Waals surface area contributed by atoms with Gasteiger partial charge in [-0.2, -0.15) is 5.10 Å². The van der Waals surface area contributed by atoms with E-state index in [9.17, 15) is 0 Å². The van der Waals surface area contributed by atoms with E-state index in [0.29, 0.717) is 5.92 Å². The molecule has 0 spiro atoms. The molecule has 0 bridgehead atoms. The molecule has 6 nitrogen and oxygen atoms in total. The van der Waals surface area contributed by atoms with Gasteiger partial charge in [0.05, 0.1) is 13.2 Å². The lowest BCUT2D eigenvalue weighted by molar-refractivity contribution is 0.0400. The molecule has 2 atom stereocenters. The Labute approximate surface area is 142 Å². The Morgan fingerprint density at radius 3 is 2.96 bits per heavy atom. The van der Waals surface area contributed by atoms with Gasteiger partial charge in [-0.3, -0.25) is 5.10 Å². The molecule has 2 fully saturated rings. The molecule has 24 heavy (non-hydrogen) atoms. The Morgan fingerprint density at radius 1 is 1.25 bits per heavy atom. The number of H-pyrrole nitrogens is 1. The Morgan fingerprint density at radius 2 is 2.12 bits per heavy atom. The summed E-state index contributed by atoms with van der Waals surface area (Å²) in [6.45, 7) is 1.61. The second-order valence-electron chi connectivity index (χ2n) is 6.62. The van der Waals surface area contributed by atoms with E-state index in [2.05, 4.69) is 26.6 Å². The summed E-state index contributed by atoms with van der Waals surface area (Å²) < 4.78 is 11.5. The monoisotopic (exact) mass is 328 g/mol. The van der Waals surface area contributed by atoms with Crippen LogP contribution in [-0.4, -0.2) is 34.9 Å². The van der Waals surface area contributed by atoms with Crippen LogP contribution in [0.4, 0.5) is 0 Å². The van der Waals surface area contributed by atoms with E-state index in [0.717, 1.165) is 43.3 Å². The van der Waals surface area contributed by atoms with Gasteiger partial charge in [0, 0.05) is 24.6 Å². The number of rotatable bonds is 7. The molecule has 0 unspecified atom stereocenters. The molecule has 4 rings (SSSR count). The molecule has 128 valence electrons. The first-order valence-electron chi connectivity index (χ1n) is 8.73. The minimum atomic E-state index is 0.0584. The van der Waals surface area contributed by atoms with Crippen LogP contribution < -0.4 is 10.1 Å². The zero-order chi connectivity index (χ0) is 16.4. The van der Waals surface area contributed by atoms with Gasteiger partial charge >= 0.3 is 0 Å². The van der Waals surface area contributed by atoms with E-state index in [4.69, 9.17) is 9.47 Å². The standard InChI is InChI=1S/C18H24N4O2/c1-23-15-5-3-2-4-13(15)10-19-11-14-8-9-16(24-14)18-20-17(21-22-18)12-6-7-12/h2-5,12,14,16,19H,6-11H2,1H3,(H,20,21,22)/t14-,16+/m1/s1. The summed E-state index contributed by atoms with van der Waals surface area (Å²) in [6, 6.07) is 8.09. The Kier molecular flexibility index (Phi) is 4.49. The van der Waals surface area contributed by atoms with Crippen LogP contribution in [0, 0.1) is 0 Å². The van der Waals surface area contributed by atoms with Crippen molar-refractivity contribution in [2.24, 2.45) is 0 Å². The van der Waals surface area contributed by atoms with Crippen molar-refractivity contribution < 1.29 is 9.47 Å². The van der Waals surface area contributed by atoms with Gasteiger partial charge in [-0.05, 0) is 31.7 Å². The number of benzene rings is 1. The number of hydrogen-bond acceptors (Lipinski definition) is 5. The smallest absolute Gasteiger partial charge is 0.153 e. The molecule has 1 aliphatic carbocycles. The molecule has 1 aromatic carbocycles. The van der Waals surface area contributed by atoms with Crippen molar-refractivity contribution in [3.63, 3.8) is 0 Å². The first kappa shape index (κ1) is 15.6. The maximum atomic E-state index is 6.13. The van der Waals surface area contributed by atoms with Gasteiger partial charge in [0.25, 0.3) is 0 Å². The van der Waals surface area contributed by atoms with Crippen LogP contribution in [0.5, 0.6) is 5.75 Å². The van der Waals surface area contributed by atoms with E-state index in [-0.39, 0.29) is 12.2 Å². The fourth-order valence-corrected chi connectivity index (χ4v) is 3.23. The molecule has 1 saturated carbocycles. The molecule has 1 saturated heterocycles. The van der Waals surface area contributed by atoms with Gasteiger partial charge in [-0.1, -0.05) is 18.2 Å². The summed E-state index contributed by atoms with van der Waals surface area (Å²) in [4.78, 5) is 4.61. The molecule has 1 aliphatic heterocycles. The third-order valence-corrected chi connectivity index (χ3v) is 4.76. The van der Waals surface area contributed by atoms with Crippen LogP contribution in [0.1, 0.15) is 54.9 Å². The van der Waals surface area contributed by atoms with Crippen molar-refractivity contribution in [3.05, 3.63) is 41.5 Å². The molecular formula is C18H24N4O2. The van der Waals surface area contributed by atoms with Crippen molar-refractivity contribution in [3.8, 4) is 5.75 Å². The van der Waals surface area contributed by atoms with E-state index in [1.807, 2.05) is 18.2 Å². The molecule has 6 heteroatoms. The van der Waals surface area contributed by atoms with Crippen molar-refractivity contribution in [2.75, 3.05) is 13.7 Å². The fourth-order valence-electron chi connectivity index (χ4n) is 3.23. The van der Waals surface area contributed by atoms with E-state index >= 15 is 0 Å². The van der Waals surface area contributed by atoms with Crippen LogP contribution in [0.15, 0.2) is 24.3 Å². The maximum absolute atomic E-state index is 6.13. The number of nitrogens with one attached hydrogen (secondary N) is 2. The van der Waals surface area contributed by atoms with Gasteiger partial charge in [0.2, 0.25) is 0 Å². The first-order valence-corrected chi connectivity index (χ1v) is 8.73. The molecule has 2 heterocycles. The second kappa shape index (κ2) is 6.91. The quantitative estimate of drug-likeness (QED) is 0.817. The number of hydrogen-bond donors (Lipinski definition) is 2. The van der Waals surface area contributed by atoms with E-state index < -0.39 is 0 Å². The Balaban J connectivity index is 1.26. The van der Waals surface area contributed by atoms with Crippen LogP contribution in [0.25, 0.3) is 0 Å². The van der Waals surface area contributed by atoms with E-state index in [1.165, 1.54) is 18.4 Å². The first-order chi connectivity index (χ1) is 11.8. The van der Waals surface area contributed by atoms with Gasteiger partial charge in [-0.15, -0.1) is 0 Å². The van der Waals surface area contributed by atoms with Crippen molar-refractivity contribution in [1.29, 1.82) is 0 Å². The summed E-state index contributed by atoms with van der Waals surface area (Å²) in [5.41, 5.74) is 1.17. The number of ether oxygens (including phenoxy) is 2. The third-order valence-electron chi connectivity index (χ3n) is 4.76. The van der Waals surface area contributed by atoms with Gasteiger partial charge in [0.1, 0.15) is 11.9 Å². The number of para-hydroxylation sites is 1. The summed E-state index contributed by atoms with van der Waals surface area (Å²) in [6.07, 6.45) is 4.77. The fraction of sp³-hybridized carbons (Fsp3) is 0.556. The van der Waals surface area contributed by atoms with Crippen LogP contribution >= 0.6 is 0 Å². The molecule has 0 amide bonds. The van der Waals surface area contributed by atoms with Gasteiger partial charge in [-0.25, -0.2) is 4.98 Å². The normalized spacial score (nSPS) is 23.5. The topological polar surface area (TPSA) is 72.1 Å². The number of methoxy groups -OCH3 is 1. The van der Waals surface area contributed by atoms with Gasteiger partial charge in [0.15, 0.2) is 11.6 Å². The summed E-state index contributed by atoms with van der Waals surface area (Å²) in [5.74, 6) is 3.36. The highest BCUT2D eigenvalue weighted by Crippen LogP contribution is 2.39. The van der Waals surface area contributed by atoms with Crippen LogP contribution in [0.2, 0.25) is 0 Å². The highest BCUT2D eigenvalue weighted by molar-refractivity contribution is 5.32. The zero-order valence-electron chi connectivity index (χ0n) is 14.0. The van der Waals surface area contributed by atoms with Gasteiger partial charge < -0.3 is 14.8 Å². The van der Waals surface area contributed by atoms with Crippen molar-refractivity contribution in [1.82, 2.24) is 20.5 Å². The highest BCUT2D eigenvalue weighted by Gasteiger charge is 2.32. The predicted molar refractivity (Wildman–Crippen MR) is 89.9 cm³/mol. The lowest BCUT2D eigenvalue weighted by Gasteiger charge is -2.14. The van der Waals surface area contributed by atoms with Crippen LogP contribution in [-0.2, 0) is 11.3 Å². The molecule has 1 aromatic heterocycles. The molecule has 0 radical (unpaired) electrons. The van der Waals surface area contributed by atoms with Crippen molar-refractivity contribution in [2.45, 2.75) is 50.4 Å². The summed E-state index contributed by atoms with van der Waals surface area (Å²) >= 11 is 0. The number of aromatic nitrogens is 3. The SMILES string of the molecule is COc1ccccc1CNC[C@H]1CC[C@@H](c2nc(C3CC3)n[nH]2)O1. The number of nitrogens with zero attached hydrogens (tertiary/aromatic N) is 2. The highest BCUT2D eigenvalue weighted by atomic mass is 16.5. The van der Waals surface area contributed by atoms with E-state index in [1.54, 1.807) is 7.11 Å². The largest absolute Gasteiger partial charge is 0.496 e. The average molecular weight is 328 g/mol. The Hall–Kier alpha value is -1.92. The predicted octanol–water partition coefficient (Wildman–Crippen LogP) is 2.70. The minimum absolute atomic E-state index is 0.0584. The maximum Gasteiger partial charge on any atom is 0.153 e. The Bertz CT molecular complexity index is 683. The lowest BCUT2D eigenvalue weighted by atomic mass is 10.1. The summed E-state index contributed by atoms with van der Waals surface area (Å²) in [5, 5.41) is 10.9. The third kappa shape index (κ3) is 3.44. The van der Waals surface area contributed by atoms with Crippen LogP contribution in [0.3, 0.4) is 0 Å². The van der Waals surface area contributed by atoms with Crippen molar-refractivity contribution >= 4 is 0 Å². The molecular weight excluding hydrogens is 304 g/mol. The average Bonchev–Trinajstić information content (AvgIpc) is 3.16. The lowest BCUT2D eigenvalue weighted by Crippen LogP contribution is -2.26. The zero-order valence-corrected chi connectivity index (χ0v) is 14.0. The number of aromatic amines is 1. The molecule has 2 aliphatic rings. The molecule has 2 N–H and O–H groups in total. The second-order valence-corrected chi connectivity index (χ2v) is 6.62. The minimum Gasteiger partial charge on any atom is -0.496 e. The summed E-state index contributed by atoms with van der Waals surface area (Å²) in [7, 11) is 1.71. The molecule has 2 aromatic rings.